The molecule has 1 N–H and O–H groups in total. The molecule has 0 aliphatic rings. The molecule has 0 aliphatic carbocycles. The summed E-state index contributed by atoms with van der Waals surface area (Å²) in [6.45, 7) is 7.87. The van der Waals surface area contributed by atoms with E-state index in [1.54, 1.807) is 0 Å². The molecule has 6 heteroatoms. The average Bonchev–Trinajstić information content (AvgIpc) is 2.28. The number of carbonyl (C=O) groups excluding carboxylic acids is 1. The second kappa shape index (κ2) is 5.77. The zero-order valence-electron chi connectivity index (χ0n) is 11.2. The van der Waals surface area contributed by atoms with E-state index in [0.717, 1.165) is 6.42 Å². The zero-order valence-corrected chi connectivity index (χ0v) is 11.2. The Morgan fingerprint density at radius 3 is 2.67 bits per heavy atom. The van der Waals surface area contributed by atoms with Gasteiger partial charge in [0.15, 0.2) is 5.69 Å². The molecule has 0 fully saturated rings. The predicted molar refractivity (Wildman–Crippen MR) is 67.1 cm³/mol. The highest BCUT2D eigenvalue weighted by atomic mass is 16.7. The van der Waals surface area contributed by atoms with Gasteiger partial charge < -0.3 is 0 Å². The Kier molecular flexibility index (Phi) is 4.61. The number of rotatable bonds is 4. The lowest BCUT2D eigenvalue weighted by atomic mass is 10.2. The van der Waals surface area contributed by atoms with Gasteiger partial charge in [-0.3, -0.25) is 14.4 Å². The van der Waals surface area contributed by atoms with Crippen molar-refractivity contribution < 1.29 is 9.63 Å². The highest BCUT2D eigenvalue weighted by Crippen LogP contribution is 2.04. The van der Waals surface area contributed by atoms with Crippen molar-refractivity contribution in [3.63, 3.8) is 0 Å². The van der Waals surface area contributed by atoms with Crippen LogP contribution in [0.2, 0.25) is 0 Å². The van der Waals surface area contributed by atoms with Crippen LogP contribution in [0.25, 0.3) is 0 Å². The highest BCUT2D eigenvalue weighted by molar-refractivity contribution is 5.91. The lowest BCUT2D eigenvalue weighted by Gasteiger charge is -2.18. The molecule has 0 saturated carbocycles. The summed E-state index contributed by atoms with van der Waals surface area (Å²) in [5, 5.41) is 3.97. The monoisotopic (exact) mass is 253 g/mol. The number of nitrogens with one attached hydrogen (secondary N) is 1. The van der Waals surface area contributed by atoms with Gasteiger partial charge in [-0.1, -0.05) is 6.92 Å². The first kappa shape index (κ1) is 14.4. The van der Waals surface area contributed by atoms with Crippen LogP contribution < -0.4 is 11.0 Å². The minimum absolute atomic E-state index is 0.160. The first-order valence-corrected chi connectivity index (χ1v) is 5.90. The first-order valence-electron chi connectivity index (χ1n) is 5.90. The second-order valence-corrected chi connectivity index (χ2v) is 4.93. The Morgan fingerprint density at radius 1 is 1.44 bits per heavy atom. The summed E-state index contributed by atoms with van der Waals surface area (Å²) >= 11 is 0. The standard InChI is InChI=1S/C12H19N3O3/c1-5-8-15-10(16)7-6-9(13-15)11(17)14-18-12(2,3)4/h6-7H,5,8H2,1-4H3,(H,14,17). The third kappa shape index (κ3) is 4.29. The number of aromatic nitrogens is 2. The Labute approximate surface area is 106 Å². The van der Waals surface area contributed by atoms with E-state index in [9.17, 15) is 9.59 Å². The molecule has 0 aromatic carbocycles. The fourth-order valence-electron chi connectivity index (χ4n) is 1.19. The second-order valence-electron chi connectivity index (χ2n) is 4.93. The maximum atomic E-state index is 11.7. The van der Waals surface area contributed by atoms with Crippen molar-refractivity contribution in [3.8, 4) is 0 Å². The summed E-state index contributed by atoms with van der Waals surface area (Å²) in [6.07, 6.45) is 0.774. The number of carbonyl (C=O) groups is 1. The van der Waals surface area contributed by atoms with Gasteiger partial charge in [-0.25, -0.2) is 10.2 Å². The number of nitrogens with zero attached hydrogens (tertiary/aromatic N) is 2. The van der Waals surface area contributed by atoms with Crippen LogP contribution >= 0.6 is 0 Å². The first-order chi connectivity index (χ1) is 8.33. The van der Waals surface area contributed by atoms with Crippen LogP contribution in [-0.4, -0.2) is 21.3 Å². The topological polar surface area (TPSA) is 73.2 Å². The van der Waals surface area contributed by atoms with Gasteiger partial charge in [0, 0.05) is 12.6 Å². The van der Waals surface area contributed by atoms with Gasteiger partial charge in [0.1, 0.15) is 0 Å². The van der Waals surface area contributed by atoms with Gasteiger partial charge in [-0.2, -0.15) is 5.10 Å². The van der Waals surface area contributed by atoms with Crippen LogP contribution in [0.3, 0.4) is 0 Å². The minimum atomic E-state index is -0.479. The molecule has 0 unspecified atom stereocenters. The van der Waals surface area contributed by atoms with Gasteiger partial charge in [0.2, 0.25) is 0 Å². The summed E-state index contributed by atoms with van der Waals surface area (Å²) in [4.78, 5) is 28.3. The molecule has 6 nitrogen and oxygen atoms in total. The van der Waals surface area contributed by atoms with Gasteiger partial charge in [0.25, 0.3) is 11.5 Å². The van der Waals surface area contributed by atoms with Crippen LogP contribution in [0.4, 0.5) is 0 Å². The summed E-state index contributed by atoms with van der Waals surface area (Å²) in [5.41, 5.74) is 1.77. The van der Waals surface area contributed by atoms with E-state index in [-0.39, 0.29) is 11.3 Å². The Hall–Kier alpha value is -1.69. The maximum absolute atomic E-state index is 11.7. The number of hydrogen-bond acceptors (Lipinski definition) is 4. The van der Waals surface area contributed by atoms with Crippen LogP contribution in [0.1, 0.15) is 44.6 Å². The van der Waals surface area contributed by atoms with Crippen molar-refractivity contribution in [2.45, 2.75) is 46.3 Å². The fourth-order valence-corrected chi connectivity index (χ4v) is 1.19. The number of hydrogen-bond donors (Lipinski definition) is 1. The van der Waals surface area contributed by atoms with Gasteiger partial charge in [0.05, 0.1) is 5.60 Å². The predicted octanol–water partition coefficient (Wildman–Crippen LogP) is 1.11. The molecule has 18 heavy (non-hydrogen) atoms. The molecule has 100 valence electrons. The van der Waals surface area contributed by atoms with Crippen molar-refractivity contribution in [2.75, 3.05) is 0 Å². The van der Waals surface area contributed by atoms with E-state index in [4.69, 9.17) is 4.84 Å². The Morgan fingerprint density at radius 2 is 2.11 bits per heavy atom. The average molecular weight is 253 g/mol. The molecule has 0 radical (unpaired) electrons. The van der Waals surface area contributed by atoms with Crippen LogP contribution in [0.5, 0.6) is 0 Å². The molecule has 1 aromatic heterocycles. The fraction of sp³-hybridized carbons (Fsp3) is 0.583. The van der Waals surface area contributed by atoms with Crippen molar-refractivity contribution in [3.05, 3.63) is 28.2 Å². The minimum Gasteiger partial charge on any atom is -0.268 e. The smallest absolute Gasteiger partial charge is 0.268 e. The Bertz CT molecular complexity index is 474. The Balaban J connectivity index is 2.80. The molecule has 0 atom stereocenters. The molecular weight excluding hydrogens is 234 g/mol. The summed E-state index contributed by atoms with van der Waals surface area (Å²) in [5.74, 6) is -0.463. The van der Waals surface area contributed by atoms with Gasteiger partial charge in [-0.05, 0) is 33.3 Å². The zero-order chi connectivity index (χ0) is 13.8. The lowest BCUT2D eigenvalue weighted by Crippen LogP contribution is -2.35. The van der Waals surface area contributed by atoms with Crippen LogP contribution in [0, 0.1) is 0 Å². The third-order valence-corrected chi connectivity index (χ3v) is 1.98. The molecule has 1 aromatic rings. The molecule has 1 amide bonds. The molecule has 1 rings (SSSR count). The summed E-state index contributed by atoms with van der Waals surface area (Å²) < 4.78 is 1.27. The normalized spacial score (nSPS) is 11.3. The maximum Gasteiger partial charge on any atom is 0.295 e. The molecular formula is C12H19N3O3. The molecule has 0 aliphatic heterocycles. The molecule has 0 bridgehead atoms. The third-order valence-electron chi connectivity index (χ3n) is 1.98. The summed E-state index contributed by atoms with van der Waals surface area (Å²) in [6, 6.07) is 2.71. The van der Waals surface area contributed by atoms with E-state index >= 15 is 0 Å². The van der Waals surface area contributed by atoms with Crippen molar-refractivity contribution in [2.24, 2.45) is 0 Å². The molecule has 0 saturated heterocycles. The van der Waals surface area contributed by atoms with Crippen LogP contribution in [-0.2, 0) is 11.4 Å². The number of amides is 1. The van der Waals surface area contributed by atoms with Crippen molar-refractivity contribution >= 4 is 5.91 Å². The molecule has 0 spiro atoms. The summed E-state index contributed by atoms with van der Waals surface area (Å²) in [7, 11) is 0. The van der Waals surface area contributed by atoms with Gasteiger partial charge >= 0.3 is 0 Å². The van der Waals surface area contributed by atoms with Crippen molar-refractivity contribution in [1.82, 2.24) is 15.3 Å². The SMILES string of the molecule is CCCn1nc(C(=O)NOC(C)(C)C)ccc1=O. The van der Waals surface area contributed by atoms with E-state index < -0.39 is 11.5 Å². The number of aryl methyl sites for hydroxylation is 1. The van der Waals surface area contributed by atoms with E-state index in [1.807, 2.05) is 27.7 Å². The van der Waals surface area contributed by atoms with E-state index in [1.165, 1.54) is 16.8 Å². The largest absolute Gasteiger partial charge is 0.295 e. The lowest BCUT2D eigenvalue weighted by molar-refractivity contribution is -0.0592. The highest BCUT2D eigenvalue weighted by Gasteiger charge is 2.15. The van der Waals surface area contributed by atoms with E-state index in [2.05, 4.69) is 10.6 Å². The van der Waals surface area contributed by atoms with Gasteiger partial charge in [-0.15, -0.1) is 0 Å². The van der Waals surface area contributed by atoms with Crippen molar-refractivity contribution in [1.29, 1.82) is 0 Å². The number of hydroxylamine groups is 1. The molecule has 1 heterocycles. The van der Waals surface area contributed by atoms with Crippen LogP contribution in [0.15, 0.2) is 16.9 Å². The van der Waals surface area contributed by atoms with E-state index in [0.29, 0.717) is 6.54 Å². The quantitative estimate of drug-likeness (QED) is 0.816.